The number of hydrogen-bond donors (Lipinski definition) is 2. The first-order valence-corrected chi connectivity index (χ1v) is 10.2. The third kappa shape index (κ3) is 4.09. The molecule has 1 aliphatic rings. The van der Waals surface area contributed by atoms with Gasteiger partial charge >= 0.3 is 0 Å². The summed E-state index contributed by atoms with van der Waals surface area (Å²) < 4.78 is 12.0. The highest BCUT2D eigenvalue weighted by Crippen LogP contribution is 2.23. The molecule has 2 aromatic carbocycles. The van der Waals surface area contributed by atoms with Crippen LogP contribution in [0, 0.1) is 0 Å². The van der Waals surface area contributed by atoms with Crippen molar-refractivity contribution in [2.24, 2.45) is 0 Å². The summed E-state index contributed by atoms with van der Waals surface area (Å²) in [6.45, 7) is 2.36. The van der Waals surface area contributed by atoms with Crippen LogP contribution in [0.3, 0.4) is 0 Å². The van der Waals surface area contributed by atoms with Gasteiger partial charge in [-0.05, 0) is 35.2 Å². The molecule has 142 valence electrons. The van der Waals surface area contributed by atoms with Crippen LogP contribution in [0.25, 0.3) is 11.1 Å². The number of aryl methyl sites for hydroxylation is 1. The van der Waals surface area contributed by atoms with E-state index in [1.165, 1.54) is 15.9 Å². The standard InChI is InChI=1S/C20H22N2O4S/c1-2-3-14-4-6-15(7-5-14)16-8-10-17(11-9-16)19(24)22-12-13-27(26)20(22)18(23)21-25/h4-11,20,25H,2-3,12-13H2,1H3,(H,21,23)/t20-,27?/m0/s1. The molecular weight excluding hydrogens is 364 g/mol. The summed E-state index contributed by atoms with van der Waals surface area (Å²) in [4.78, 5) is 25.7. The topological polar surface area (TPSA) is 86.7 Å². The highest BCUT2D eigenvalue weighted by Gasteiger charge is 2.40. The molecule has 0 bridgehead atoms. The molecule has 2 amide bonds. The van der Waals surface area contributed by atoms with Crippen LogP contribution in [0.1, 0.15) is 29.3 Å². The molecule has 1 saturated heterocycles. The number of carbonyl (C=O) groups is 2. The van der Waals surface area contributed by atoms with Crippen molar-refractivity contribution in [3.05, 3.63) is 59.7 Å². The third-order valence-electron chi connectivity index (χ3n) is 4.62. The Bertz CT molecular complexity index is 849. The second kappa shape index (κ2) is 8.45. The first-order chi connectivity index (χ1) is 13.0. The van der Waals surface area contributed by atoms with E-state index >= 15 is 0 Å². The van der Waals surface area contributed by atoms with Gasteiger partial charge < -0.3 is 4.90 Å². The molecule has 1 heterocycles. The Kier molecular flexibility index (Phi) is 6.03. The highest BCUT2D eigenvalue weighted by molar-refractivity contribution is 7.86. The summed E-state index contributed by atoms with van der Waals surface area (Å²) in [5.41, 5.74) is 5.25. The summed E-state index contributed by atoms with van der Waals surface area (Å²) in [5, 5.41) is 7.67. The van der Waals surface area contributed by atoms with Crippen LogP contribution in [0.2, 0.25) is 0 Å². The van der Waals surface area contributed by atoms with Crippen molar-refractivity contribution in [1.29, 1.82) is 0 Å². The molecule has 0 radical (unpaired) electrons. The molecule has 1 fully saturated rings. The van der Waals surface area contributed by atoms with Crippen molar-refractivity contribution in [2.45, 2.75) is 25.1 Å². The lowest BCUT2D eigenvalue weighted by Crippen LogP contribution is -2.46. The van der Waals surface area contributed by atoms with Crippen LogP contribution in [0.15, 0.2) is 48.5 Å². The fraction of sp³-hybridized carbons (Fsp3) is 0.300. The zero-order valence-corrected chi connectivity index (χ0v) is 15.9. The van der Waals surface area contributed by atoms with Gasteiger partial charge in [-0.25, -0.2) is 5.48 Å². The minimum atomic E-state index is -1.52. The molecule has 1 unspecified atom stereocenters. The lowest BCUT2D eigenvalue weighted by Gasteiger charge is -2.21. The molecule has 2 aromatic rings. The fourth-order valence-electron chi connectivity index (χ4n) is 3.21. The summed E-state index contributed by atoms with van der Waals surface area (Å²) in [6.07, 6.45) is 2.15. The Morgan fingerprint density at radius 2 is 1.70 bits per heavy atom. The van der Waals surface area contributed by atoms with E-state index in [9.17, 15) is 13.8 Å². The van der Waals surface area contributed by atoms with Crippen LogP contribution in [0.5, 0.6) is 0 Å². The predicted octanol–water partition coefficient (Wildman–Crippen LogP) is 2.34. The fourth-order valence-corrected chi connectivity index (χ4v) is 4.58. The van der Waals surface area contributed by atoms with Crippen molar-refractivity contribution in [3.63, 3.8) is 0 Å². The average Bonchev–Trinajstić information content (AvgIpc) is 3.09. The maximum absolute atomic E-state index is 12.7. The number of carbonyl (C=O) groups excluding carboxylic acids is 2. The van der Waals surface area contributed by atoms with Gasteiger partial charge in [0.15, 0.2) is 5.37 Å². The van der Waals surface area contributed by atoms with Gasteiger partial charge in [0.25, 0.3) is 11.8 Å². The van der Waals surface area contributed by atoms with Crippen molar-refractivity contribution in [3.8, 4) is 11.1 Å². The quantitative estimate of drug-likeness (QED) is 0.610. The molecule has 2 atom stereocenters. The highest BCUT2D eigenvalue weighted by atomic mass is 32.2. The van der Waals surface area contributed by atoms with Gasteiger partial charge in [0.1, 0.15) is 0 Å². The van der Waals surface area contributed by atoms with Gasteiger partial charge in [-0.1, -0.05) is 49.7 Å². The van der Waals surface area contributed by atoms with Crippen LogP contribution in [-0.2, 0) is 22.0 Å². The molecule has 6 nitrogen and oxygen atoms in total. The summed E-state index contributed by atoms with van der Waals surface area (Å²) >= 11 is 0. The lowest BCUT2D eigenvalue weighted by molar-refractivity contribution is -0.130. The zero-order chi connectivity index (χ0) is 19.4. The van der Waals surface area contributed by atoms with Gasteiger partial charge in [0, 0.05) is 17.9 Å². The number of amides is 2. The number of benzene rings is 2. The van der Waals surface area contributed by atoms with E-state index in [-0.39, 0.29) is 18.2 Å². The van der Waals surface area contributed by atoms with Crippen LogP contribution >= 0.6 is 0 Å². The Morgan fingerprint density at radius 3 is 2.26 bits per heavy atom. The largest absolute Gasteiger partial charge is 0.315 e. The number of nitrogens with zero attached hydrogens (tertiary/aromatic N) is 1. The first-order valence-electron chi connectivity index (χ1n) is 8.86. The van der Waals surface area contributed by atoms with E-state index in [2.05, 4.69) is 31.2 Å². The van der Waals surface area contributed by atoms with Gasteiger partial charge in [-0.2, -0.15) is 0 Å². The lowest BCUT2D eigenvalue weighted by atomic mass is 10.0. The Hall–Kier alpha value is -2.51. The molecule has 7 heteroatoms. The molecule has 1 aliphatic heterocycles. The van der Waals surface area contributed by atoms with Crippen molar-refractivity contribution < 1.29 is 19.0 Å². The molecule has 0 spiro atoms. The minimum absolute atomic E-state index is 0.212. The van der Waals surface area contributed by atoms with E-state index < -0.39 is 22.1 Å². The first kappa shape index (κ1) is 19.3. The van der Waals surface area contributed by atoms with E-state index in [4.69, 9.17) is 5.21 Å². The van der Waals surface area contributed by atoms with E-state index in [0.717, 1.165) is 24.0 Å². The van der Waals surface area contributed by atoms with Crippen molar-refractivity contribution >= 4 is 22.6 Å². The number of hydroxylamine groups is 1. The summed E-state index contributed by atoms with van der Waals surface area (Å²) in [5.74, 6) is -0.992. The Morgan fingerprint density at radius 1 is 1.11 bits per heavy atom. The Labute approximate surface area is 160 Å². The van der Waals surface area contributed by atoms with Gasteiger partial charge in [0.2, 0.25) is 0 Å². The Balaban J connectivity index is 1.77. The maximum Gasteiger partial charge on any atom is 0.279 e. The van der Waals surface area contributed by atoms with E-state index in [0.29, 0.717) is 5.56 Å². The van der Waals surface area contributed by atoms with Crippen molar-refractivity contribution in [2.75, 3.05) is 12.3 Å². The number of hydrogen-bond acceptors (Lipinski definition) is 4. The van der Waals surface area contributed by atoms with Crippen LogP contribution in [-0.4, -0.2) is 43.8 Å². The van der Waals surface area contributed by atoms with Crippen LogP contribution in [0.4, 0.5) is 0 Å². The molecule has 3 rings (SSSR count). The SMILES string of the molecule is CCCc1ccc(-c2ccc(C(=O)N3CCS(=O)[C@H]3C(=O)NO)cc2)cc1. The molecule has 27 heavy (non-hydrogen) atoms. The molecule has 0 aliphatic carbocycles. The van der Waals surface area contributed by atoms with Gasteiger partial charge in [0.05, 0.1) is 10.8 Å². The minimum Gasteiger partial charge on any atom is -0.315 e. The van der Waals surface area contributed by atoms with E-state index in [1.807, 2.05) is 12.1 Å². The van der Waals surface area contributed by atoms with Crippen molar-refractivity contribution in [1.82, 2.24) is 10.4 Å². The average molecular weight is 386 g/mol. The van der Waals surface area contributed by atoms with Crippen LogP contribution < -0.4 is 5.48 Å². The maximum atomic E-state index is 12.7. The number of rotatable bonds is 5. The van der Waals surface area contributed by atoms with E-state index in [1.54, 1.807) is 12.1 Å². The molecule has 2 N–H and O–H groups in total. The predicted molar refractivity (Wildman–Crippen MR) is 104 cm³/mol. The second-order valence-electron chi connectivity index (χ2n) is 6.44. The monoisotopic (exact) mass is 386 g/mol. The third-order valence-corrected chi connectivity index (χ3v) is 6.17. The molecule has 0 saturated carbocycles. The van der Waals surface area contributed by atoms with Gasteiger partial charge in [-0.3, -0.25) is 19.0 Å². The zero-order valence-electron chi connectivity index (χ0n) is 15.1. The smallest absolute Gasteiger partial charge is 0.279 e. The second-order valence-corrected chi connectivity index (χ2v) is 8.05. The molecule has 0 aromatic heterocycles. The normalized spacial score (nSPS) is 19.1. The summed E-state index contributed by atoms with van der Waals surface area (Å²) in [7, 11) is -1.52. The molecular formula is C20H22N2O4S. The number of nitrogens with one attached hydrogen (secondary N) is 1. The van der Waals surface area contributed by atoms with Gasteiger partial charge in [-0.15, -0.1) is 0 Å². The summed E-state index contributed by atoms with van der Waals surface area (Å²) in [6, 6.07) is 15.5.